The van der Waals surface area contributed by atoms with Crippen molar-refractivity contribution in [3.8, 4) is 17.6 Å². The lowest BCUT2D eigenvalue weighted by atomic mass is 9.96. The SMILES string of the molecule is COc1c(N2CCCC(C(N)=O)C2)c(F)cc2c(=O)c3c(O)c(C#N)sc3n(C3CC3)c12. The minimum atomic E-state index is -0.645. The average Bonchev–Trinajstić information content (AvgIpc) is 3.56. The molecule has 3 aromatic rings. The number of aromatic hydroxyl groups is 1. The molecule has 1 atom stereocenters. The summed E-state index contributed by atoms with van der Waals surface area (Å²) >= 11 is 1.04. The third-order valence-electron chi connectivity index (χ3n) is 6.34. The molecule has 3 N–H and O–H groups in total. The van der Waals surface area contributed by atoms with E-state index in [1.807, 2.05) is 10.6 Å². The maximum atomic E-state index is 15.5. The number of nitriles is 1. The van der Waals surface area contributed by atoms with E-state index >= 15 is 4.39 Å². The van der Waals surface area contributed by atoms with Gasteiger partial charge in [0.1, 0.15) is 26.9 Å². The Bertz CT molecular complexity index is 1390. The standard InChI is InChI=1S/C22H21FN4O4S/c1-31-20-16-12(7-13(23)17(20)26-6-2-3-10(9-26)21(25)30)18(28)15-19(29)14(8-24)32-22(15)27(16)11-4-5-11/h7,10-11,29H,2-6,9H2,1H3,(H2,25,30). The first kappa shape index (κ1) is 20.6. The molecule has 0 spiro atoms. The van der Waals surface area contributed by atoms with Gasteiger partial charge in [-0.3, -0.25) is 9.59 Å². The number of halogens is 1. The molecule has 1 unspecified atom stereocenters. The Kier molecular flexibility index (Phi) is 4.74. The van der Waals surface area contributed by atoms with Crippen LogP contribution in [0.25, 0.3) is 21.1 Å². The van der Waals surface area contributed by atoms with Crippen LogP contribution in [0.4, 0.5) is 10.1 Å². The molecule has 0 radical (unpaired) electrons. The monoisotopic (exact) mass is 456 g/mol. The van der Waals surface area contributed by atoms with Crippen molar-refractivity contribution < 1.29 is 19.0 Å². The van der Waals surface area contributed by atoms with Crippen LogP contribution in [-0.4, -0.2) is 35.8 Å². The Morgan fingerprint density at radius 1 is 1.41 bits per heavy atom. The highest BCUT2D eigenvalue weighted by Crippen LogP contribution is 2.48. The molecule has 166 valence electrons. The average molecular weight is 456 g/mol. The van der Waals surface area contributed by atoms with Crippen LogP contribution in [0, 0.1) is 23.1 Å². The lowest BCUT2D eigenvalue weighted by molar-refractivity contribution is -0.122. The molecule has 1 aromatic carbocycles. The van der Waals surface area contributed by atoms with Gasteiger partial charge in [0.15, 0.2) is 17.3 Å². The van der Waals surface area contributed by atoms with Gasteiger partial charge < -0.3 is 25.0 Å². The number of nitrogens with zero attached hydrogens (tertiary/aromatic N) is 3. The number of nitrogens with two attached hydrogens (primary N) is 1. The second-order valence-corrected chi connectivity index (χ2v) is 9.33. The smallest absolute Gasteiger partial charge is 0.222 e. The van der Waals surface area contributed by atoms with Gasteiger partial charge in [0, 0.05) is 19.1 Å². The van der Waals surface area contributed by atoms with E-state index in [0.29, 0.717) is 29.7 Å². The number of carbonyl (C=O) groups is 1. The fraction of sp³-hybridized carbons (Fsp3) is 0.409. The van der Waals surface area contributed by atoms with E-state index in [1.165, 1.54) is 13.2 Å². The summed E-state index contributed by atoms with van der Waals surface area (Å²) in [5.74, 6) is -1.62. The van der Waals surface area contributed by atoms with E-state index in [9.17, 15) is 20.0 Å². The summed E-state index contributed by atoms with van der Waals surface area (Å²) in [5, 5.41) is 20.0. The molecule has 3 heterocycles. The number of ether oxygens (including phenoxy) is 1. The molecule has 5 rings (SSSR count). The minimum absolute atomic E-state index is 0.0342. The van der Waals surface area contributed by atoms with Crippen molar-refractivity contribution in [1.82, 2.24) is 4.57 Å². The maximum absolute atomic E-state index is 15.5. The van der Waals surface area contributed by atoms with Crippen molar-refractivity contribution >= 4 is 44.1 Å². The topological polar surface area (TPSA) is 122 Å². The molecule has 8 nitrogen and oxygen atoms in total. The van der Waals surface area contributed by atoms with Gasteiger partial charge in [0.2, 0.25) is 11.3 Å². The predicted octanol–water partition coefficient (Wildman–Crippen LogP) is 2.98. The lowest BCUT2D eigenvalue weighted by Crippen LogP contribution is -2.41. The number of thiophene rings is 1. The van der Waals surface area contributed by atoms with Crippen LogP contribution in [0.3, 0.4) is 0 Å². The summed E-state index contributed by atoms with van der Waals surface area (Å²) < 4.78 is 23.1. The number of amides is 1. The molecule has 0 bridgehead atoms. The van der Waals surface area contributed by atoms with Gasteiger partial charge in [0.25, 0.3) is 0 Å². The summed E-state index contributed by atoms with van der Waals surface area (Å²) in [6, 6.07) is 3.15. The molecular weight excluding hydrogens is 435 g/mol. The van der Waals surface area contributed by atoms with E-state index in [-0.39, 0.29) is 45.4 Å². The number of aromatic nitrogens is 1. The Morgan fingerprint density at radius 3 is 2.78 bits per heavy atom. The van der Waals surface area contributed by atoms with Crippen molar-refractivity contribution in [3.05, 3.63) is 27.0 Å². The van der Waals surface area contributed by atoms with E-state index in [4.69, 9.17) is 10.5 Å². The molecule has 1 amide bonds. The second-order valence-electron chi connectivity index (χ2n) is 8.33. The third-order valence-corrected chi connectivity index (χ3v) is 7.42. The Labute approximate surface area is 186 Å². The highest BCUT2D eigenvalue weighted by atomic mass is 32.1. The number of fused-ring (bicyclic) bond motifs is 2. The van der Waals surface area contributed by atoms with E-state index in [1.54, 1.807) is 4.90 Å². The molecule has 1 aliphatic carbocycles. The zero-order valence-corrected chi connectivity index (χ0v) is 18.2. The van der Waals surface area contributed by atoms with Crippen molar-refractivity contribution in [2.24, 2.45) is 11.7 Å². The van der Waals surface area contributed by atoms with Gasteiger partial charge in [0.05, 0.1) is 23.9 Å². The van der Waals surface area contributed by atoms with Gasteiger partial charge in [-0.2, -0.15) is 5.26 Å². The molecule has 2 fully saturated rings. The first-order valence-electron chi connectivity index (χ1n) is 10.4. The number of piperidine rings is 1. The van der Waals surface area contributed by atoms with Gasteiger partial charge in [-0.05, 0) is 31.7 Å². The molecular formula is C22H21FN4O4S. The van der Waals surface area contributed by atoms with Gasteiger partial charge in [-0.25, -0.2) is 4.39 Å². The molecule has 10 heteroatoms. The number of primary amides is 1. The van der Waals surface area contributed by atoms with Gasteiger partial charge >= 0.3 is 0 Å². The largest absolute Gasteiger partial charge is 0.505 e. The number of methoxy groups -OCH3 is 1. The van der Waals surface area contributed by atoms with Gasteiger partial charge in [-0.1, -0.05) is 0 Å². The number of carbonyl (C=O) groups excluding carboxylic acids is 1. The molecule has 2 aliphatic rings. The lowest BCUT2D eigenvalue weighted by Gasteiger charge is -2.34. The first-order chi connectivity index (χ1) is 15.4. The summed E-state index contributed by atoms with van der Waals surface area (Å²) in [6.07, 6.45) is 3.03. The fourth-order valence-electron chi connectivity index (χ4n) is 4.70. The first-order valence-corrected chi connectivity index (χ1v) is 11.2. The number of pyridine rings is 1. The van der Waals surface area contributed by atoms with Crippen LogP contribution in [0.5, 0.6) is 11.5 Å². The molecule has 1 aliphatic heterocycles. The number of hydrogen-bond donors (Lipinski definition) is 2. The van der Waals surface area contributed by atoms with Crippen LogP contribution >= 0.6 is 11.3 Å². The van der Waals surface area contributed by atoms with Crippen molar-refractivity contribution in [2.75, 3.05) is 25.1 Å². The molecule has 1 saturated carbocycles. The highest BCUT2D eigenvalue weighted by molar-refractivity contribution is 7.19. The van der Waals surface area contributed by atoms with Crippen molar-refractivity contribution in [3.63, 3.8) is 0 Å². The zero-order chi connectivity index (χ0) is 22.7. The summed E-state index contributed by atoms with van der Waals surface area (Å²) in [7, 11) is 1.42. The Morgan fingerprint density at radius 2 is 2.16 bits per heavy atom. The molecule has 1 saturated heterocycles. The van der Waals surface area contributed by atoms with Crippen LogP contribution < -0.4 is 20.8 Å². The molecule has 2 aromatic heterocycles. The van der Waals surface area contributed by atoms with Crippen LogP contribution in [-0.2, 0) is 4.79 Å². The van der Waals surface area contributed by atoms with Crippen molar-refractivity contribution in [2.45, 2.75) is 31.7 Å². The number of rotatable bonds is 4. The van der Waals surface area contributed by atoms with Crippen LogP contribution in [0.2, 0.25) is 0 Å². The van der Waals surface area contributed by atoms with Gasteiger partial charge in [-0.15, -0.1) is 11.3 Å². The van der Waals surface area contributed by atoms with Crippen LogP contribution in [0.15, 0.2) is 10.9 Å². The quantitative estimate of drug-likeness (QED) is 0.623. The Hall–Kier alpha value is -3.32. The minimum Gasteiger partial charge on any atom is -0.505 e. The zero-order valence-electron chi connectivity index (χ0n) is 17.4. The predicted molar refractivity (Wildman–Crippen MR) is 119 cm³/mol. The van der Waals surface area contributed by atoms with Crippen molar-refractivity contribution in [1.29, 1.82) is 5.26 Å². The number of benzene rings is 1. The van der Waals surface area contributed by atoms with E-state index in [0.717, 1.165) is 24.2 Å². The van der Waals surface area contributed by atoms with Crippen LogP contribution in [0.1, 0.15) is 36.6 Å². The third kappa shape index (κ3) is 2.92. The van der Waals surface area contributed by atoms with E-state index < -0.39 is 23.1 Å². The van der Waals surface area contributed by atoms with E-state index in [2.05, 4.69) is 0 Å². The summed E-state index contributed by atoms with van der Waals surface area (Å²) in [6.45, 7) is 0.791. The second kappa shape index (κ2) is 7.38. The Balaban J connectivity index is 1.86. The number of anilines is 1. The fourth-order valence-corrected chi connectivity index (χ4v) is 5.77. The maximum Gasteiger partial charge on any atom is 0.222 e. The summed E-state index contributed by atoms with van der Waals surface area (Å²) in [5.41, 5.74) is 5.60. The highest BCUT2D eigenvalue weighted by Gasteiger charge is 2.34. The summed E-state index contributed by atoms with van der Waals surface area (Å²) in [4.78, 5) is 27.3. The normalized spacial score (nSPS) is 18.8. The molecule has 32 heavy (non-hydrogen) atoms. The number of hydrogen-bond acceptors (Lipinski definition) is 7.